The summed E-state index contributed by atoms with van der Waals surface area (Å²) in [7, 11) is 1.90. The van der Waals surface area contributed by atoms with Crippen LogP contribution < -0.4 is 16.0 Å². The van der Waals surface area contributed by atoms with Crippen LogP contribution >= 0.6 is 0 Å². The summed E-state index contributed by atoms with van der Waals surface area (Å²) in [4.78, 5) is 26.3. The highest BCUT2D eigenvalue weighted by Gasteiger charge is 2.37. The molecule has 0 saturated carbocycles. The molecule has 0 bridgehead atoms. The summed E-state index contributed by atoms with van der Waals surface area (Å²) in [6.45, 7) is 2.91. The SMILES string of the molecule is CNCCNc1ccc2c(c1)C(=O)N(C1CCCNC1=O)C2. The van der Waals surface area contributed by atoms with Crippen LogP contribution in [0.15, 0.2) is 18.2 Å². The van der Waals surface area contributed by atoms with Crippen LogP contribution in [0.25, 0.3) is 0 Å². The molecule has 0 aliphatic carbocycles. The third-order valence-electron chi connectivity index (χ3n) is 4.28. The summed E-state index contributed by atoms with van der Waals surface area (Å²) in [5, 5.41) is 9.21. The molecule has 1 aromatic rings. The van der Waals surface area contributed by atoms with Gasteiger partial charge in [0.2, 0.25) is 5.91 Å². The predicted octanol–water partition coefficient (Wildman–Crippen LogP) is 0.552. The molecule has 1 atom stereocenters. The molecule has 1 unspecified atom stereocenters. The minimum absolute atomic E-state index is 0.0280. The van der Waals surface area contributed by atoms with Crippen molar-refractivity contribution in [2.75, 3.05) is 32.0 Å². The second-order valence-corrected chi connectivity index (χ2v) is 5.78. The molecule has 2 amide bonds. The lowest BCUT2D eigenvalue weighted by Gasteiger charge is -2.30. The van der Waals surface area contributed by atoms with Crippen LogP contribution in [0, 0.1) is 0 Å². The van der Waals surface area contributed by atoms with Gasteiger partial charge in [-0.15, -0.1) is 0 Å². The molecule has 3 N–H and O–H groups in total. The molecule has 0 aromatic heterocycles. The lowest BCUT2D eigenvalue weighted by molar-refractivity contribution is -0.127. The van der Waals surface area contributed by atoms with E-state index in [0.29, 0.717) is 18.7 Å². The van der Waals surface area contributed by atoms with Crippen molar-refractivity contribution in [3.05, 3.63) is 29.3 Å². The van der Waals surface area contributed by atoms with Gasteiger partial charge in [0, 0.05) is 37.4 Å². The molecule has 1 aromatic carbocycles. The number of nitrogens with one attached hydrogen (secondary N) is 3. The fourth-order valence-electron chi connectivity index (χ4n) is 3.07. The van der Waals surface area contributed by atoms with Crippen LogP contribution in [0.1, 0.15) is 28.8 Å². The van der Waals surface area contributed by atoms with Crippen LogP contribution in [-0.2, 0) is 11.3 Å². The first kappa shape index (κ1) is 14.8. The lowest BCUT2D eigenvalue weighted by atomic mass is 10.1. The van der Waals surface area contributed by atoms with E-state index in [1.807, 2.05) is 25.2 Å². The number of amides is 2. The molecule has 6 heteroatoms. The molecule has 0 spiro atoms. The maximum atomic E-state index is 12.6. The van der Waals surface area contributed by atoms with Gasteiger partial charge in [0.25, 0.3) is 5.91 Å². The molecular formula is C16H22N4O2. The number of benzene rings is 1. The Kier molecular flexibility index (Phi) is 4.29. The fourth-order valence-corrected chi connectivity index (χ4v) is 3.07. The lowest BCUT2D eigenvalue weighted by Crippen LogP contribution is -2.50. The summed E-state index contributed by atoms with van der Waals surface area (Å²) < 4.78 is 0. The van der Waals surface area contributed by atoms with Gasteiger partial charge in [-0.05, 0) is 37.6 Å². The predicted molar refractivity (Wildman–Crippen MR) is 84.8 cm³/mol. The van der Waals surface area contributed by atoms with Crippen LogP contribution in [0.2, 0.25) is 0 Å². The van der Waals surface area contributed by atoms with Gasteiger partial charge in [-0.3, -0.25) is 9.59 Å². The third kappa shape index (κ3) is 2.78. The van der Waals surface area contributed by atoms with Crippen molar-refractivity contribution in [3.8, 4) is 0 Å². The van der Waals surface area contributed by atoms with Crippen molar-refractivity contribution < 1.29 is 9.59 Å². The zero-order valence-electron chi connectivity index (χ0n) is 12.8. The van der Waals surface area contributed by atoms with E-state index in [1.54, 1.807) is 4.90 Å². The van der Waals surface area contributed by atoms with Crippen LogP contribution in [-0.4, -0.2) is 49.4 Å². The zero-order valence-corrected chi connectivity index (χ0v) is 12.8. The quantitative estimate of drug-likeness (QED) is 0.695. The third-order valence-corrected chi connectivity index (χ3v) is 4.28. The van der Waals surface area contributed by atoms with Crippen molar-refractivity contribution in [2.24, 2.45) is 0 Å². The summed E-state index contributed by atoms with van der Waals surface area (Å²) in [5.41, 5.74) is 2.66. The number of fused-ring (bicyclic) bond motifs is 1. The van der Waals surface area contributed by atoms with Crippen molar-refractivity contribution in [1.29, 1.82) is 0 Å². The van der Waals surface area contributed by atoms with Crippen molar-refractivity contribution >= 4 is 17.5 Å². The number of carbonyl (C=O) groups excluding carboxylic acids is 2. The molecule has 1 saturated heterocycles. The Morgan fingerprint density at radius 3 is 2.95 bits per heavy atom. The minimum atomic E-state index is -0.325. The molecule has 1 fully saturated rings. The van der Waals surface area contributed by atoms with Gasteiger partial charge in [0.1, 0.15) is 6.04 Å². The van der Waals surface area contributed by atoms with Gasteiger partial charge in [0.15, 0.2) is 0 Å². The van der Waals surface area contributed by atoms with Gasteiger partial charge in [-0.25, -0.2) is 0 Å². The van der Waals surface area contributed by atoms with E-state index in [-0.39, 0.29) is 17.9 Å². The van der Waals surface area contributed by atoms with Gasteiger partial charge >= 0.3 is 0 Å². The van der Waals surface area contributed by atoms with E-state index in [4.69, 9.17) is 0 Å². The van der Waals surface area contributed by atoms with Gasteiger partial charge in [-0.2, -0.15) is 0 Å². The molecule has 2 heterocycles. The minimum Gasteiger partial charge on any atom is -0.384 e. The monoisotopic (exact) mass is 302 g/mol. The number of hydrogen-bond acceptors (Lipinski definition) is 4. The molecule has 0 radical (unpaired) electrons. The second kappa shape index (κ2) is 6.36. The first-order valence-electron chi connectivity index (χ1n) is 7.81. The topological polar surface area (TPSA) is 73.5 Å². The first-order chi connectivity index (χ1) is 10.7. The zero-order chi connectivity index (χ0) is 15.5. The highest BCUT2D eigenvalue weighted by atomic mass is 16.2. The van der Waals surface area contributed by atoms with Gasteiger partial charge in [0.05, 0.1) is 0 Å². The number of hydrogen-bond donors (Lipinski definition) is 3. The van der Waals surface area contributed by atoms with Crippen LogP contribution in [0.5, 0.6) is 0 Å². The van der Waals surface area contributed by atoms with Crippen molar-refractivity contribution in [3.63, 3.8) is 0 Å². The van der Waals surface area contributed by atoms with Crippen LogP contribution in [0.3, 0.4) is 0 Å². The Bertz CT molecular complexity index is 588. The molecule has 3 rings (SSSR count). The van der Waals surface area contributed by atoms with E-state index in [9.17, 15) is 9.59 Å². The Morgan fingerprint density at radius 2 is 2.18 bits per heavy atom. The van der Waals surface area contributed by atoms with Crippen molar-refractivity contribution in [1.82, 2.24) is 15.5 Å². The number of likely N-dealkylation sites (N-methyl/N-ethyl adjacent to an activating group) is 1. The summed E-state index contributed by atoms with van der Waals surface area (Å²) in [6.07, 6.45) is 1.67. The summed E-state index contributed by atoms with van der Waals surface area (Å²) >= 11 is 0. The molecule has 6 nitrogen and oxygen atoms in total. The average molecular weight is 302 g/mol. The van der Waals surface area contributed by atoms with Crippen LogP contribution in [0.4, 0.5) is 5.69 Å². The maximum Gasteiger partial charge on any atom is 0.255 e. The molecule has 2 aliphatic heterocycles. The molecule has 118 valence electrons. The average Bonchev–Trinajstić information content (AvgIpc) is 2.85. The van der Waals surface area contributed by atoms with E-state index in [2.05, 4.69) is 16.0 Å². The fraction of sp³-hybridized carbons (Fsp3) is 0.500. The Hall–Kier alpha value is -2.08. The number of anilines is 1. The Balaban J connectivity index is 1.74. The van der Waals surface area contributed by atoms with E-state index in [0.717, 1.165) is 37.2 Å². The van der Waals surface area contributed by atoms with E-state index >= 15 is 0 Å². The summed E-state index contributed by atoms with van der Waals surface area (Å²) in [5.74, 6) is -0.0610. The van der Waals surface area contributed by atoms with Crippen molar-refractivity contribution in [2.45, 2.75) is 25.4 Å². The molecule has 2 aliphatic rings. The Labute approximate surface area is 130 Å². The number of nitrogens with zero attached hydrogens (tertiary/aromatic N) is 1. The van der Waals surface area contributed by atoms with Gasteiger partial charge < -0.3 is 20.9 Å². The van der Waals surface area contributed by atoms with E-state index < -0.39 is 0 Å². The number of piperidine rings is 1. The normalized spacial score (nSPS) is 20.8. The molecule has 22 heavy (non-hydrogen) atoms. The smallest absolute Gasteiger partial charge is 0.255 e. The maximum absolute atomic E-state index is 12.6. The first-order valence-corrected chi connectivity index (χ1v) is 7.81. The van der Waals surface area contributed by atoms with E-state index in [1.165, 1.54) is 0 Å². The number of carbonyl (C=O) groups is 2. The number of rotatable bonds is 5. The molecular weight excluding hydrogens is 280 g/mol. The standard InChI is InChI=1S/C16H22N4O2/c1-17-7-8-18-12-5-4-11-10-20(16(22)13(11)9-12)14-3-2-6-19-15(14)21/h4-5,9,14,17-18H,2-3,6-8,10H2,1H3,(H,19,21). The van der Waals surface area contributed by atoms with Gasteiger partial charge in [-0.1, -0.05) is 6.07 Å². The summed E-state index contributed by atoms with van der Waals surface area (Å²) in [6, 6.07) is 5.55. The second-order valence-electron chi connectivity index (χ2n) is 5.78. The Morgan fingerprint density at radius 1 is 1.32 bits per heavy atom. The highest BCUT2D eigenvalue weighted by molar-refractivity contribution is 6.02. The highest BCUT2D eigenvalue weighted by Crippen LogP contribution is 2.29. The largest absolute Gasteiger partial charge is 0.384 e.